The first-order valence-corrected chi connectivity index (χ1v) is 5.17. The van der Waals surface area contributed by atoms with Gasteiger partial charge < -0.3 is 9.68 Å². The number of rotatable bonds is 9. The number of unbranched alkanes of at least 4 members (excludes halogenated alkanes) is 3. The Hall–Kier alpha value is -0.940. The Morgan fingerprint density at radius 2 is 1.73 bits per heavy atom. The molecule has 0 saturated carbocycles. The van der Waals surface area contributed by atoms with Gasteiger partial charge in [0, 0.05) is 6.92 Å². The first-order valence-electron chi connectivity index (χ1n) is 5.17. The Balaban J connectivity index is 3.25. The summed E-state index contributed by atoms with van der Waals surface area (Å²) in [6, 6.07) is 0. The minimum Gasteiger partial charge on any atom is -0.396 e. The largest absolute Gasteiger partial charge is 0.396 e. The molecule has 5 nitrogen and oxygen atoms in total. The molecule has 0 unspecified atom stereocenters. The monoisotopic (exact) mass is 216 g/mol. The molecule has 88 valence electrons. The number of ketones is 1. The van der Waals surface area contributed by atoms with Gasteiger partial charge in [0.05, 0.1) is 6.61 Å². The molecule has 5 heteroatoms. The molecule has 0 aliphatic rings. The summed E-state index contributed by atoms with van der Waals surface area (Å²) in [6.45, 7) is 4.26. The first kappa shape index (κ1) is 14.1. The molecule has 0 aromatic rings. The van der Waals surface area contributed by atoms with Crippen LogP contribution in [-0.2, 0) is 14.5 Å². The van der Waals surface area contributed by atoms with E-state index in [9.17, 15) is 4.79 Å². The third-order valence-corrected chi connectivity index (χ3v) is 1.96. The maximum Gasteiger partial charge on any atom is 0.177 e. The van der Waals surface area contributed by atoms with Gasteiger partial charge in [0.1, 0.15) is 12.3 Å². The van der Waals surface area contributed by atoms with E-state index in [1.54, 1.807) is 6.92 Å². The highest BCUT2D eigenvalue weighted by Crippen LogP contribution is 2.00. The van der Waals surface area contributed by atoms with Crippen LogP contribution in [0.1, 0.15) is 39.5 Å². The highest BCUT2D eigenvalue weighted by Gasteiger charge is 1.97. The Bertz CT molecular complexity index is 205. The molecule has 0 aromatic carbocycles. The topological polar surface area (TPSA) is 73.9 Å². The maximum atomic E-state index is 10.7. The van der Waals surface area contributed by atoms with E-state index in [4.69, 9.17) is 10.7 Å². The number of oxime groups is 1. The Kier molecular flexibility index (Phi) is 9.01. The van der Waals surface area contributed by atoms with Gasteiger partial charge in [0.25, 0.3) is 0 Å². The third-order valence-electron chi connectivity index (χ3n) is 1.96. The number of hydrogen-bond acceptors (Lipinski definition) is 5. The molecule has 0 saturated heterocycles. The number of carbonyl (C=O) groups excluding carboxylic acids is 1. The number of carbonyl (C=O) groups is 1. The Labute approximate surface area is 90.6 Å². The summed E-state index contributed by atoms with van der Waals surface area (Å²) < 4.78 is 0. The average molecular weight is 216 g/mol. The van der Waals surface area contributed by atoms with E-state index in [0.717, 1.165) is 25.7 Å². The van der Waals surface area contributed by atoms with E-state index in [0.29, 0.717) is 18.9 Å². The highest BCUT2D eigenvalue weighted by molar-refractivity contribution is 6.37. The van der Waals surface area contributed by atoms with Crippen LogP contribution < -0.4 is 5.90 Å². The van der Waals surface area contributed by atoms with Crippen molar-refractivity contribution in [1.29, 1.82) is 0 Å². The lowest BCUT2D eigenvalue weighted by Gasteiger charge is -2.00. The quantitative estimate of drug-likeness (QED) is 0.359. The van der Waals surface area contributed by atoms with E-state index in [2.05, 4.69) is 9.99 Å². The predicted molar refractivity (Wildman–Crippen MR) is 58.3 cm³/mol. The zero-order valence-corrected chi connectivity index (χ0v) is 9.49. The zero-order chi connectivity index (χ0) is 11.5. The molecular weight excluding hydrogens is 196 g/mol. The van der Waals surface area contributed by atoms with Crippen LogP contribution in [0.4, 0.5) is 0 Å². The average Bonchev–Trinajstić information content (AvgIpc) is 2.21. The van der Waals surface area contributed by atoms with Crippen molar-refractivity contribution in [2.45, 2.75) is 39.5 Å². The van der Waals surface area contributed by atoms with Gasteiger partial charge in [-0.15, -0.1) is 0 Å². The molecule has 0 fully saturated rings. The normalized spacial score (nSPS) is 11.5. The van der Waals surface area contributed by atoms with Crippen LogP contribution in [0.5, 0.6) is 0 Å². The number of nitrogens with zero attached hydrogens (tertiary/aromatic N) is 1. The molecule has 0 bridgehead atoms. The molecule has 0 heterocycles. The zero-order valence-electron chi connectivity index (χ0n) is 9.49. The fraction of sp³-hybridized carbons (Fsp3) is 0.800. The summed E-state index contributed by atoms with van der Waals surface area (Å²) in [6.07, 6.45) is 4.01. The molecule has 0 atom stereocenters. The highest BCUT2D eigenvalue weighted by atomic mass is 16.6. The maximum absolute atomic E-state index is 10.7. The van der Waals surface area contributed by atoms with Crippen LogP contribution in [0.2, 0.25) is 0 Å². The molecule has 0 rings (SSSR count). The first-order chi connectivity index (χ1) is 7.18. The van der Waals surface area contributed by atoms with E-state index in [1.807, 2.05) is 0 Å². The predicted octanol–water partition coefficient (Wildman–Crippen LogP) is 1.42. The van der Waals surface area contributed by atoms with Gasteiger partial charge in [0.2, 0.25) is 0 Å². The van der Waals surface area contributed by atoms with Crippen LogP contribution in [0.25, 0.3) is 0 Å². The van der Waals surface area contributed by atoms with E-state index in [-0.39, 0.29) is 5.78 Å². The molecule has 2 N–H and O–H groups in total. The molecule has 15 heavy (non-hydrogen) atoms. The lowest BCUT2D eigenvalue weighted by Crippen LogP contribution is -2.05. The molecule has 0 amide bonds. The minimum atomic E-state index is -0.0601. The van der Waals surface area contributed by atoms with E-state index >= 15 is 0 Å². The standard InChI is InChI=1S/C10H20N2O3/c1-9(10(2)13)12-15-8-6-4-3-5-7-14-11/h3-8,11H2,1-2H3/b12-9+. The molecule has 0 aliphatic carbocycles. The van der Waals surface area contributed by atoms with Crippen LogP contribution >= 0.6 is 0 Å². The van der Waals surface area contributed by atoms with Gasteiger partial charge in [0.15, 0.2) is 5.78 Å². The molecule has 0 aromatic heterocycles. The van der Waals surface area contributed by atoms with Crippen molar-refractivity contribution in [3.63, 3.8) is 0 Å². The minimum absolute atomic E-state index is 0.0601. The second kappa shape index (κ2) is 9.61. The summed E-state index contributed by atoms with van der Waals surface area (Å²) in [5.41, 5.74) is 0.409. The van der Waals surface area contributed by atoms with Crippen molar-refractivity contribution in [2.24, 2.45) is 11.1 Å². The number of hydrogen-bond donors (Lipinski definition) is 1. The van der Waals surface area contributed by atoms with Crippen LogP contribution in [-0.4, -0.2) is 24.7 Å². The van der Waals surface area contributed by atoms with Crippen LogP contribution in [0, 0.1) is 0 Å². The van der Waals surface area contributed by atoms with Crippen molar-refractivity contribution in [3.8, 4) is 0 Å². The van der Waals surface area contributed by atoms with Crippen molar-refractivity contribution >= 4 is 11.5 Å². The smallest absolute Gasteiger partial charge is 0.177 e. The lowest BCUT2D eigenvalue weighted by molar-refractivity contribution is -0.111. The Morgan fingerprint density at radius 3 is 2.27 bits per heavy atom. The van der Waals surface area contributed by atoms with Gasteiger partial charge in [-0.1, -0.05) is 11.6 Å². The summed E-state index contributed by atoms with van der Waals surface area (Å²) >= 11 is 0. The van der Waals surface area contributed by atoms with Gasteiger partial charge >= 0.3 is 0 Å². The van der Waals surface area contributed by atoms with Crippen LogP contribution in [0.15, 0.2) is 5.16 Å². The van der Waals surface area contributed by atoms with E-state index < -0.39 is 0 Å². The second-order valence-corrected chi connectivity index (χ2v) is 3.35. The number of Topliss-reactive ketones (excluding diaryl/α,β-unsaturated/α-hetero) is 1. The third kappa shape index (κ3) is 9.37. The molecule has 0 aliphatic heterocycles. The van der Waals surface area contributed by atoms with Crippen molar-refractivity contribution < 1.29 is 14.5 Å². The van der Waals surface area contributed by atoms with Crippen molar-refractivity contribution in [2.75, 3.05) is 13.2 Å². The lowest BCUT2D eigenvalue weighted by atomic mass is 10.2. The fourth-order valence-electron chi connectivity index (χ4n) is 0.912. The molecule has 0 radical (unpaired) electrons. The van der Waals surface area contributed by atoms with Gasteiger partial charge in [-0.25, -0.2) is 5.90 Å². The van der Waals surface area contributed by atoms with Gasteiger partial charge in [-0.3, -0.25) is 4.79 Å². The second-order valence-electron chi connectivity index (χ2n) is 3.35. The molecular formula is C10H20N2O3. The van der Waals surface area contributed by atoms with Gasteiger partial charge in [-0.05, 0) is 26.2 Å². The summed E-state index contributed by atoms with van der Waals surface area (Å²) in [7, 11) is 0. The molecule has 0 spiro atoms. The summed E-state index contributed by atoms with van der Waals surface area (Å²) in [4.78, 5) is 20.2. The number of nitrogens with two attached hydrogens (primary N) is 1. The van der Waals surface area contributed by atoms with Crippen molar-refractivity contribution in [1.82, 2.24) is 0 Å². The summed E-state index contributed by atoms with van der Waals surface area (Å²) in [5.74, 6) is 4.82. The fourth-order valence-corrected chi connectivity index (χ4v) is 0.912. The van der Waals surface area contributed by atoms with Crippen molar-refractivity contribution in [3.05, 3.63) is 0 Å². The van der Waals surface area contributed by atoms with Crippen LogP contribution in [0.3, 0.4) is 0 Å². The summed E-state index contributed by atoms with van der Waals surface area (Å²) in [5, 5.41) is 3.68. The van der Waals surface area contributed by atoms with E-state index in [1.165, 1.54) is 6.92 Å². The SMILES string of the molecule is CC(=O)/C(C)=N/OCCCCCCON. The Morgan fingerprint density at radius 1 is 1.13 bits per heavy atom. The van der Waals surface area contributed by atoms with Gasteiger partial charge in [-0.2, -0.15) is 0 Å².